The van der Waals surface area contributed by atoms with Crippen LogP contribution in [-0.2, 0) is 0 Å². The molecule has 1 rings (SSSR count). The van der Waals surface area contributed by atoms with Crippen molar-refractivity contribution in [2.75, 3.05) is 0 Å². The normalized spacial score (nSPS) is 14.1. The van der Waals surface area contributed by atoms with Crippen LogP contribution in [0.25, 0.3) is 0 Å². The Morgan fingerprint density at radius 2 is 2.06 bits per heavy atom. The summed E-state index contributed by atoms with van der Waals surface area (Å²) in [6.45, 7) is 1.95. The van der Waals surface area contributed by atoms with Gasteiger partial charge in [-0.1, -0.05) is 24.9 Å². The number of benzene rings is 1. The molecule has 5 heteroatoms. The van der Waals surface area contributed by atoms with Crippen LogP contribution < -0.4 is 5.73 Å². The van der Waals surface area contributed by atoms with Crippen LogP contribution in [0, 0.1) is 5.82 Å². The van der Waals surface area contributed by atoms with E-state index in [2.05, 4.69) is 0 Å². The number of aliphatic hydroxyl groups excluding tert-OH is 1. The maximum Gasteiger partial charge on any atom is 0.125 e. The number of hydrogen-bond acceptors (Lipinski definition) is 2. The topological polar surface area (TPSA) is 46.2 Å². The zero-order valence-electron chi connectivity index (χ0n) is 8.99. The summed E-state index contributed by atoms with van der Waals surface area (Å²) in [5, 5.41) is 9.96. The molecule has 0 spiro atoms. The van der Waals surface area contributed by atoms with Gasteiger partial charge in [0, 0.05) is 5.02 Å². The summed E-state index contributed by atoms with van der Waals surface area (Å²) < 4.78 is 13.0. The van der Waals surface area contributed by atoms with Crippen LogP contribution in [0.1, 0.15) is 31.4 Å². The van der Waals surface area contributed by atoms with Crippen LogP contribution in [0.3, 0.4) is 0 Å². The molecule has 0 aliphatic rings. The number of halogens is 3. The molecule has 0 bridgehead atoms. The Labute approximate surface area is 106 Å². The van der Waals surface area contributed by atoms with Gasteiger partial charge in [-0.2, -0.15) is 0 Å². The van der Waals surface area contributed by atoms with E-state index in [1.807, 2.05) is 6.92 Å². The molecule has 2 nitrogen and oxygen atoms in total. The minimum absolute atomic E-state index is 0. The number of aliphatic hydroxyl groups is 1. The molecular formula is C11H16Cl2FNO. The molecule has 2 atom stereocenters. The Bertz CT molecular complexity index is 316. The quantitative estimate of drug-likeness (QED) is 0.881. The summed E-state index contributed by atoms with van der Waals surface area (Å²) in [6.07, 6.45) is 0.764. The lowest BCUT2D eigenvalue weighted by atomic mass is 9.99. The van der Waals surface area contributed by atoms with Gasteiger partial charge in [-0.05, 0) is 30.2 Å². The van der Waals surface area contributed by atoms with E-state index < -0.39 is 18.0 Å². The first kappa shape index (κ1) is 15.7. The molecule has 0 saturated heterocycles. The summed E-state index contributed by atoms with van der Waals surface area (Å²) in [5.74, 6) is -0.434. The van der Waals surface area contributed by atoms with E-state index >= 15 is 0 Å². The highest BCUT2D eigenvalue weighted by Gasteiger charge is 2.16. The predicted molar refractivity (Wildman–Crippen MR) is 66.5 cm³/mol. The van der Waals surface area contributed by atoms with E-state index in [-0.39, 0.29) is 12.4 Å². The molecule has 0 unspecified atom stereocenters. The molecule has 0 aromatic heterocycles. The Kier molecular flexibility index (Phi) is 6.91. The third kappa shape index (κ3) is 4.26. The summed E-state index contributed by atoms with van der Waals surface area (Å²) in [6, 6.07) is 3.51. The second-order valence-corrected chi connectivity index (χ2v) is 4.02. The molecule has 0 aliphatic carbocycles. The molecule has 1 aromatic carbocycles. The summed E-state index contributed by atoms with van der Waals surface area (Å²) in [5.41, 5.74) is 6.32. The van der Waals surface area contributed by atoms with E-state index in [4.69, 9.17) is 17.3 Å². The lowest BCUT2D eigenvalue weighted by Crippen LogP contribution is -2.26. The van der Waals surface area contributed by atoms with Crippen molar-refractivity contribution in [3.8, 4) is 0 Å². The van der Waals surface area contributed by atoms with Crippen molar-refractivity contribution in [1.82, 2.24) is 0 Å². The second kappa shape index (κ2) is 7.07. The van der Waals surface area contributed by atoms with Crippen LogP contribution in [0.2, 0.25) is 5.02 Å². The van der Waals surface area contributed by atoms with E-state index in [1.54, 1.807) is 6.07 Å². The van der Waals surface area contributed by atoms with Gasteiger partial charge in [0.25, 0.3) is 0 Å². The predicted octanol–water partition coefficient (Wildman–Crippen LogP) is 3.06. The maximum atomic E-state index is 13.0. The number of rotatable bonds is 4. The molecule has 16 heavy (non-hydrogen) atoms. The van der Waals surface area contributed by atoms with Crippen LogP contribution >= 0.6 is 24.0 Å². The van der Waals surface area contributed by atoms with Gasteiger partial charge in [0.15, 0.2) is 0 Å². The van der Waals surface area contributed by atoms with Crippen molar-refractivity contribution in [2.45, 2.75) is 31.9 Å². The summed E-state index contributed by atoms with van der Waals surface area (Å²) in [7, 11) is 0. The third-order valence-corrected chi connectivity index (χ3v) is 2.49. The lowest BCUT2D eigenvalue weighted by molar-refractivity contribution is 0.134. The van der Waals surface area contributed by atoms with Gasteiger partial charge in [-0.3, -0.25) is 0 Å². The van der Waals surface area contributed by atoms with Gasteiger partial charge in [0.2, 0.25) is 0 Å². The first-order valence-corrected chi connectivity index (χ1v) is 5.32. The van der Waals surface area contributed by atoms with E-state index in [9.17, 15) is 9.50 Å². The van der Waals surface area contributed by atoms with Crippen LogP contribution in [0.4, 0.5) is 4.39 Å². The van der Waals surface area contributed by atoms with Crippen molar-refractivity contribution in [3.05, 3.63) is 34.6 Å². The van der Waals surface area contributed by atoms with Gasteiger partial charge in [-0.15, -0.1) is 12.4 Å². The maximum absolute atomic E-state index is 13.0. The Morgan fingerprint density at radius 1 is 1.44 bits per heavy atom. The number of hydrogen-bond donors (Lipinski definition) is 2. The molecule has 0 saturated carbocycles. The van der Waals surface area contributed by atoms with Crippen molar-refractivity contribution in [3.63, 3.8) is 0 Å². The zero-order valence-corrected chi connectivity index (χ0v) is 10.6. The third-order valence-electron chi connectivity index (χ3n) is 2.27. The van der Waals surface area contributed by atoms with Gasteiger partial charge in [0.05, 0.1) is 12.1 Å². The first-order valence-electron chi connectivity index (χ1n) is 4.94. The average Bonchev–Trinajstić information content (AvgIpc) is 2.15. The Morgan fingerprint density at radius 3 is 2.56 bits per heavy atom. The van der Waals surface area contributed by atoms with Crippen LogP contribution in [0.5, 0.6) is 0 Å². The molecule has 0 heterocycles. The lowest BCUT2D eigenvalue weighted by Gasteiger charge is -2.18. The Balaban J connectivity index is 0.00000225. The highest BCUT2D eigenvalue weighted by atomic mass is 35.5. The largest absolute Gasteiger partial charge is 0.391 e. The van der Waals surface area contributed by atoms with Crippen LogP contribution in [0.15, 0.2) is 18.2 Å². The minimum atomic E-state index is -0.659. The summed E-state index contributed by atoms with van der Waals surface area (Å²) >= 11 is 5.70. The smallest absolute Gasteiger partial charge is 0.125 e. The molecule has 0 fully saturated rings. The fourth-order valence-corrected chi connectivity index (χ4v) is 1.70. The molecule has 3 N–H and O–H groups in total. The van der Waals surface area contributed by atoms with Crippen molar-refractivity contribution in [2.24, 2.45) is 5.73 Å². The minimum Gasteiger partial charge on any atom is -0.391 e. The average molecular weight is 268 g/mol. The van der Waals surface area contributed by atoms with Gasteiger partial charge >= 0.3 is 0 Å². The molecule has 0 amide bonds. The fraction of sp³-hybridized carbons (Fsp3) is 0.455. The van der Waals surface area contributed by atoms with Crippen molar-refractivity contribution < 1.29 is 9.50 Å². The van der Waals surface area contributed by atoms with E-state index in [0.717, 1.165) is 6.42 Å². The standard InChI is InChI=1S/C11H15ClFNO.ClH/c1-2-3-10(15)11(14)7-4-8(12)6-9(13)5-7;/h4-6,10-11,15H,2-3,14H2,1H3;1H/t10-,11+;/m1./s1. The highest BCUT2D eigenvalue weighted by molar-refractivity contribution is 6.30. The van der Waals surface area contributed by atoms with Gasteiger partial charge in [-0.25, -0.2) is 4.39 Å². The fourth-order valence-electron chi connectivity index (χ4n) is 1.47. The Hall–Kier alpha value is -0.350. The molecule has 92 valence electrons. The van der Waals surface area contributed by atoms with Crippen LogP contribution in [-0.4, -0.2) is 11.2 Å². The van der Waals surface area contributed by atoms with Crippen molar-refractivity contribution in [1.29, 1.82) is 0 Å². The second-order valence-electron chi connectivity index (χ2n) is 3.58. The summed E-state index contributed by atoms with van der Waals surface area (Å²) in [4.78, 5) is 0. The van der Waals surface area contributed by atoms with E-state index in [1.165, 1.54) is 12.1 Å². The molecule has 0 radical (unpaired) electrons. The van der Waals surface area contributed by atoms with Crippen molar-refractivity contribution >= 4 is 24.0 Å². The molecule has 0 aliphatic heterocycles. The first-order chi connectivity index (χ1) is 7.04. The van der Waals surface area contributed by atoms with Gasteiger partial charge < -0.3 is 10.8 Å². The zero-order chi connectivity index (χ0) is 11.4. The van der Waals surface area contributed by atoms with Gasteiger partial charge in [0.1, 0.15) is 5.82 Å². The molecule has 1 aromatic rings. The number of nitrogens with two attached hydrogens (primary N) is 1. The monoisotopic (exact) mass is 267 g/mol. The van der Waals surface area contributed by atoms with E-state index in [0.29, 0.717) is 17.0 Å². The SMILES string of the molecule is CCC[C@@H](O)[C@@H](N)c1cc(F)cc(Cl)c1.Cl. The highest BCUT2D eigenvalue weighted by Crippen LogP contribution is 2.22. The molecular weight excluding hydrogens is 252 g/mol.